The molecule has 2 rings (SSSR count). The van der Waals surface area contributed by atoms with Gasteiger partial charge in [-0.3, -0.25) is 4.79 Å². The van der Waals surface area contributed by atoms with Gasteiger partial charge in [-0.15, -0.1) is 11.3 Å². The molecule has 0 spiro atoms. The van der Waals surface area contributed by atoms with Crippen LogP contribution in [0, 0.1) is 0 Å². The van der Waals surface area contributed by atoms with Gasteiger partial charge in [0.25, 0.3) is 0 Å². The van der Waals surface area contributed by atoms with E-state index in [1.54, 1.807) is 18.2 Å². The topological polar surface area (TPSA) is 43.1 Å². The Morgan fingerprint density at radius 3 is 2.73 bits per heavy atom. The molecule has 0 unspecified atom stereocenters. The third kappa shape index (κ3) is 2.27. The minimum absolute atomic E-state index is 0.0120. The van der Waals surface area contributed by atoms with Gasteiger partial charge in [0.1, 0.15) is 0 Å². The second-order valence-electron chi connectivity index (χ2n) is 3.08. The Labute approximate surface area is 99.9 Å². The van der Waals surface area contributed by atoms with Crippen LogP contribution in [0.15, 0.2) is 40.2 Å². The van der Waals surface area contributed by atoms with Gasteiger partial charge >= 0.3 is 0 Å². The zero-order valence-corrected chi connectivity index (χ0v) is 10.1. The molecule has 2 nitrogen and oxygen atoms in total. The van der Waals surface area contributed by atoms with E-state index in [0.29, 0.717) is 11.3 Å². The van der Waals surface area contributed by atoms with Crippen LogP contribution in [0.3, 0.4) is 0 Å². The molecule has 0 fully saturated rings. The number of carbonyl (C=O) groups excluding carboxylic acids is 1. The van der Waals surface area contributed by atoms with Crippen molar-refractivity contribution in [3.63, 3.8) is 0 Å². The first-order valence-electron chi connectivity index (χ1n) is 4.31. The van der Waals surface area contributed by atoms with Gasteiger partial charge in [0.15, 0.2) is 0 Å². The molecule has 0 aliphatic carbocycles. The van der Waals surface area contributed by atoms with E-state index in [1.165, 1.54) is 11.3 Å². The Kier molecular flexibility index (Phi) is 2.88. The van der Waals surface area contributed by atoms with Crippen molar-refractivity contribution in [1.82, 2.24) is 0 Å². The van der Waals surface area contributed by atoms with Crippen molar-refractivity contribution in [2.24, 2.45) is 0 Å². The van der Waals surface area contributed by atoms with Gasteiger partial charge in [0, 0.05) is 15.7 Å². The van der Waals surface area contributed by atoms with Gasteiger partial charge in [-0.05, 0) is 29.6 Å². The predicted molar refractivity (Wildman–Crippen MR) is 66.3 cm³/mol. The van der Waals surface area contributed by atoms with Crippen LogP contribution in [0.25, 0.3) is 0 Å². The van der Waals surface area contributed by atoms with Gasteiger partial charge in [-0.25, -0.2) is 0 Å². The van der Waals surface area contributed by atoms with E-state index >= 15 is 0 Å². The number of nitrogens with two attached hydrogens (primary N) is 1. The van der Waals surface area contributed by atoms with Crippen LogP contribution in [0.5, 0.6) is 0 Å². The number of benzene rings is 1. The van der Waals surface area contributed by atoms with Crippen molar-refractivity contribution in [2.45, 2.75) is 0 Å². The maximum absolute atomic E-state index is 11.9. The summed E-state index contributed by atoms with van der Waals surface area (Å²) in [4.78, 5) is 12.7. The minimum atomic E-state index is 0.0120. The molecule has 0 atom stereocenters. The van der Waals surface area contributed by atoms with Crippen molar-refractivity contribution >= 4 is 38.7 Å². The van der Waals surface area contributed by atoms with Gasteiger partial charge in [0.2, 0.25) is 5.78 Å². The Hall–Kier alpha value is -1.13. The number of hydrogen-bond donors (Lipinski definition) is 1. The lowest BCUT2D eigenvalue weighted by atomic mass is 10.1. The van der Waals surface area contributed by atoms with E-state index in [2.05, 4.69) is 15.9 Å². The summed E-state index contributed by atoms with van der Waals surface area (Å²) >= 11 is 4.75. The molecule has 0 bridgehead atoms. The van der Waals surface area contributed by atoms with Crippen LogP contribution in [0.2, 0.25) is 0 Å². The average Bonchev–Trinajstić information content (AvgIpc) is 2.67. The van der Waals surface area contributed by atoms with Crippen LogP contribution < -0.4 is 5.73 Å². The molecule has 1 aromatic carbocycles. The molecule has 0 saturated heterocycles. The Morgan fingerprint density at radius 1 is 1.33 bits per heavy atom. The highest BCUT2D eigenvalue weighted by Crippen LogP contribution is 2.21. The van der Waals surface area contributed by atoms with E-state index < -0.39 is 0 Å². The molecule has 76 valence electrons. The SMILES string of the molecule is Nc1cc(Br)cc(C(=O)c2cccs2)c1. The molecule has 2 aromatic rings. The summed E-state index contributed by atoms with van der Waals surface area (Å²) in [7, 11) is 0. The predicted octanol–water partition coefficient (Wildman–Crippen LogP) is 3.32. The smallest absolute Gasteiger partial charge is 0.203 e. The molecular formula is C11H8BrNOS. The summed E-state index contributed by atoms with van der Waals surface area (Å²) in [6.45, 7) is 0. The molecule has 1 heterocycles. The fraction of sp³-hybridized carbons (Fsp3) is 0. The lowest BCUT2D eigenvalue weighted by molar-refractivity contribution is 0.104. The van der Waals surface area contributed by atoms with Gasteiger partial charge in [0.05, 0.1) is 4.88 Å². The fourth-order valence-corrected chi connectivity index (χ4v) is 2.49. The molecule has 0 saturated carbocycles. The first-order valence-corrected chi connectivity index (χ1v) is 5.98. The maximum atomic E-state index is 11.9. The molecule has 0 aliphatic rings. The van der Waals surface area contributed by atoms with Crippen molar-refractivity contribution in [3.05, 3.63) is 50.6 Å². The van der Waals surface area contributed by atoms with Crippen molar-refractivity contribution < 1.29 is 4.79 Å². The van der Waals surface area contributed by atoms with Crippen LogP contribution in [-0.2, 0) is 0 Å². The summed E-state index contributed by atoms with van der Waals surface area (Å²) in [5.74, 6) is 0.0120. The molecule has 0 radical (unpaired) electrons. The fourth-order valence-electron chi connectivity index (χ4n) is 1.29. The number of halogens is 1. The summed E-state index contributed by atoms with van der Waals surface area (Å²) in [6.07, 6.45) is 0. The highest BCUT2D eigenvalue weighted by Gasteiger charge is 2.10. The van der Waals surface area contributed by atoms with Crippen molar-refractivity contribution in [3.8, 4) is 0 Å². The van der Waals surface area contributed by atoms with E-state index in [4.69, 9.17) is 5.73 Å². The second-order valence-corrected chi connectivity index (χ2v) is 4.94. The van der Waals surface area contributed by atoms with E-state index in [1.807, 2.05) is 17.5 Å². The Morgan fingerprint density at radius 2 is 2.13 bits per heavy atom. The number of ketones is 1. The Bertz CT molecular complexity index is 473. The first kappa shape index (κ1) is 10.4. The standard InChI is InChI=1S/C11H8BrNOS/c12-8-4-7(5-9(13)6-8)11(14)10-2-1-3-15-10/h1-6H,13H2. The van der Waals surface area contributed by atoms with Crippen LogP contribution in [0.4, 0.5) is 5.69 Å². The normalized spacial score (nSPS) is 10.2. The lowest BCUT2D eigenvalue weighted by Crippen LogP contribution is -1.99. The zero-order chi connectivity index (χ0) is 10.8. The number of rotatable bonds is 2. The van der Waals surface area contributed by atoms with Gasteiger partial charge in [-0.1, -0.05) is 22.0 Å². The molecule has 1 aromatic heterocycles. The maximum Gasteiger partial charge on any atom is 0.203 e. The molecule has 0 amide bonds. The average molecular weight is 282 g/mol. The largest absolute Gasteiger partial charge is 0.399 e. The zero-order valence-electron chi connectivity index (χ0n) is 7.74. The highest BCUT2D eigenvalue weighted by atomic mass is 79.9. The lowest BCUT2D eigenvalue weighted by Gasteiger charge is -2.01. The number of anilines is 1. The van der Waals surface area contributed by atoms with E-state index in [0.717, 1.165) is 9.35 Å². The monoisotopic (exact) mass is 281 g/mol. The van der Waals surface area contributed by atoms with Crippen molar-refractivity contribution in [1.29, 1.82) is 0 Å². The number of carbonyl (C=O) groups is 1. The van der Waals surface area contributed by atoms with E-state index in [-0.39, 0.29) is 5.78 Å². The summed E-state index contributed by atoms with van der Waals surface area (Å²) < 4.78 is 0.822. The molecular weight excluding hydrogens is 274 g/mol. The van der Waals surface area contributed by atoms with Crippen LogP contribution >= 0.6 is 27.3 Å². The second kappa shape index (κ2) is 4.16. The first-order chi connectivity index (χ1) is 7.16. The highest BCUT2D eigenvalue weighted by molar-refractivity contribution is 9.10. The number of hydrogen-bond acceptors (Lipinski definition) is 3. The third-order valence-corrected chi connectivity index (χ3v) is 3.25. The number of nitrogen functional groups attached to an aromatic ring is 1. The summed E-state index contributed by atoms with van der Waals surface area (Å²) in [5, 5.41) is 1.88. The summed E-state index contributed by atoms with van der Waals surface area (Å²) in [6, 6.07) is 8.90. The molecule has 4 heteroatoms. The van der Waals surface area contributed by atoms with E-state index in [9.17, 15) is 4.79 Å². The van der Waals surface area contributed by atoms with Gasteiger partial charge in [-0.2, -0.15) is 0 Å². The van der Waals surface area contributed by atoms with Crippen molar-refractivity contribution in [2.75, 3.05) is 5.73 Å². The van der Waals surface area contributed by atoms with Crippen LogP contribution in [0.1, 0.15) is 15.2 Å². The number of thiophene rings is 1. The molecule has 0 aliphatic heterocycles. The molecule has 2 N–H and O–H groups in total. The minimum Gasteiger partial charge on any atom is -0.399 e. The summed E-state index contributed by atoms with van der Waals surface area (Å²) in [5.41, 5.74) is 6.87. The quantitative estimate of drug-likeness (QED) is 0.678. The molecule has 15 heavy (non-hydrogen) atoms. The Balaban J connectivity index is 2.42. The third-order valence-electron chi connectivity index (χ3n) is 1.93. The van der Waals surface area contributed by atoms with Gasteiger partial charge < -0.3 is 5.73 Å². The van der Waals surface area contributed by atoms with Crippen LogP contribution in [-0.4, -0.2) is 5.78 Å².